The largest absolute Gasteiger partial charge is 0.309 e. The molecule has 0 bridgehead atoms. The molecule has 3 aliphatic rings. The summed E-state index contributed by atoms with van der Waals surface area (Å²) in [7, 11) is 0. The molecule has 246 valence electrons. The lowest BCUT2D eigenvalue weighted by Gasteiger charge is -2.38. The normalized spacial score (nSPS) is 16.6. The van der Waals surface area contributed by atoms with E-state index in [0.29, 0.717) is 17.8 Å². The Kier molecular flexibility index (Phi) is 5.52. The van der Waals surface area contributed by atoms with E-state index in [1.807, 2.05) is 0 Å². The molecule has 9 aromatic rings. The van der Waals surface area contributed by atoms with Crippen molar-refractivity contribution in [2.45, 2.75) is 45.4 Å². The molecule has 7 aromatic carbocycles. The maximum absolute atomic E-state index is 2.56. The van der Waals surface area contributed by atoms with Gasteiger partial charge < -0.3 is 9.13 Å². The first-order chi connectivity index (χ1) is 25.5. The van der Waals surface area contributed by atoms with Gasteiger partial charge in [0.15, 0.2) is 0 Å². The second kappa shape index (κ2) is 9.95. The van der Waals surface area contributed by atoms with Crippen LogP contribution < -0.4 is 16.4 Å². The highest BCUT2D eigenvalue weighted by Gasteiger charge is 2.48. The van der Waals surface area contributed by atoms with Crippen LogP contribution in [0.25, 0.3) is 66.1 Å². The fraction of sp³-hybridized carbons (Fsp3) is 0.143. The molecule has 2 aromatic heterocycles. The van der Waals surface area contributed by atoms with E-state index in [9.17, 15) is 0 Å². The Morgan fingerprint density at radius 3 is 1.15 bits per heavy atom. The summed E-state index contributed by atoms with van der Waals surface area (Å²) in [5.41, 5.74) is 22.5. The van der Waals surface area contributed by atoms with E-state index in [2.05, 4.69) is 170 Å². The highest BCUT2D eigenvalue weighted by molar-refractivity contribution is 7.01. The lowest BCUT2D eigenvalue weighted by Crippen LogP contribution is -2.59. The fourth-order valence-corrected chi connectivity index (χ4v) is 10.7. The number of benzene rings is 7. The lowest BCUT2D eigenvalue weighted by molar-refractivity contribution is 0.835. The molecule has 0 aliphatic carbocycles. The predicted octanol–water partition coefficient (Wildman–Crippen LogP) is 10.4. The minimum Gasteiger partial charge on any atom is -0.309 e. The average molecular weight is 665 g/mol. The van der Waals surface area contributed by atoms with Crippen molar-refractivity contribution in [3.63, 3.8) is 0 Å². The number of para-hydroxylation sites is 4. The monoisotopic (exact) mass is 664 g/mol. The van der Waals surface area contributed by atoms with Crippen LogP contribution in [0.2, 0.25) is 0 Å². The Bertz CT molecular complexity index is 2740. The van der Waals surface area contributed by atoms with Gasteiger partial charge in [-0.1, -0.05) is 129 Å². The summed E-state index contributed by atoms with van der Waals surface area (Å²) in [5, 5.41) is 5.21. The Hall–Kier alpha value is -5.80. The summed E-state index contributed by atoms with van der Waals surface area (Å²) < 4.78 is 5.04. The zero-order valence-corrected chi connectivity index (χ0v) is 29.9. The standard InChI is InChI=1S/C49H37BN2/c1-27(2)30-21-37-28(3)39-23-31(51-43-17-9-5-13-33(43)34-14-6-10-18-44(34)51)25-41-42-26-32(24-40-29(4)38(22-30)47(37)50(48(39)41)49(40)42)52-45-19-11-7-15-35(45)36-16-8-12-20-46(36)52/h5-29H,1-4H3. The molecule has 0 amide bonds. The number of hydrogen-bond donors (Lipinski definition) is 0. The molecule has 2 nitrogen and oxygen atoms in total. The van der Waals surface area contributed by atoms with E-state index in [1.54, 1.807) is 5.46 Å². The van der Waals surface area contributed by atoms with Crippen LogP contribution in [0.3, 0.4) is 0 Å². The van der Waals surface area contributed by atoms with Crippen LogP contribution >= 0.6 is 0 Å². The second-order valence-electron chi connectivity index (χ2n) is 15.9. The zero-order chi connectivity index (χ0) is 34.6. The van der Waals surface area contributed by atoms with Gasteiger partial charge in [-0.2, -0.15) is 0 Å². The number of rotatable bonds is 3. The summed E-state index contributed by atoms with van der Waals surface area (Å²) in [6.45, 7) is 9.91. The van der Waals surface area contributed by atoms with Crippen molar-refractivity contribution in [1.82, 2.24) is 9.13 Å². The zero-order valence-electron chi connectivity index (χ0n) is 29.9. The second-order valence-corrected chi connectivity index (χ2v) is 15.9. The molecule has 12 rings (SSSR count). The van der Waals surface area contributed by atoms with Crippen molar-refractivity contribution >= 4 is 66.7 Å². The van der Waals surface area contributed by atoms with Crippen LogP contribution in [0, 0.1) is 0 Å². The predicted molar refractivity (Wildman–Crippen MR) is 221 cm³/mol. The third-order valence-electron chi connectivity index (χ3n) is 13.0. The van der Waals surface area contributed by atoms with Gasteiger partial charge in [0.25, 0.3) is 0 Å². The van der Waals surface area contributed by atoms with Gasteiger partial charge in [0, 0.05) is 44.8 Å². The van der Waals surface area contributed by atoms with Crippen molar-refractivity contribution in [2.24, 2.45) is 0 Å². The Balaban J connectivity index is 1.23. The number of nitrogens with zero attached hydrogens (tertiary/aromatic N) is 2. The van der Waals surface area contributed by atoms with E-state index in [4.69, 9.17) is 0 Å². The fourth-order valence-electron chi connectivity index (χ4n) is 10.7. The number of fused-ring (bicyclic) bond motifs is 7. The van der Waals surface area contributed by atoms with Crippen molar-refractivity contribution in [3.8, 4) is 22.5 Å². The van der Waals surface area contributed by atoms with E-state index >= 15 is 0 Å². The first-order valence-corrected chi connectivity index (χ1v) is 19.0. The minimum absolute atomic E-state index is 0.271. The SMILES string of the molecule is CC(C)c1cc2c3c(c1)C(C)c1cc(-n4c5ccccc5c5ccccc54)cc4c1B3c1c-4cc(-n3c4ccccc4c4ccccc43)cc1C2C. The summed E-state index contributed by atoms with van der Waals surface area (Å²) in [5.74, 6) is 1.06. The molecule has 3 aliphatic heterocycles. The van der Waals surface area contributed by atoms with Crippen LogP contribution in [0.1, 0.15) is 73.3 Å². The van der Waals surface area contributed by atoms with Gasteiger partial charge in [0.05, 0.1) is 22.1 Å². The Labute approximate surface area is 304 Å². The molecule has 0 saturated heterocycles. The summed E-state index contributed by atoms with van der Waals surface area (Å²) in [6, 6.07) is 51.0. The van der Waals surface area contributed by atoms with Crippen molar-refractivity contribution in [3.05, 3.63) is 161 Å². The quantitative estimate of drug-likeness (QED) is 0.166. The topological polar surface area (TPSA) is 9.86 Å². The smallest absolute Gasteiger partial charge is 0.244 e. The molecular weight excluding hydrogens is 627 g/mol. The molecular formula is C49H37BN2. The number of aromatic nitrogens is 2. The van der Waals surface area contributed by atoms with Crippen molar-refractivity contribution in [2.75, 3.05) is 0 Å². The van der Waals surface area contributed by atoms with Gasteiger partial charge in [-0.3, -0.25) is 0 Å². The van der Waals surface area contributed by atoms with Gasteiger partial charge >= 0.3 is 0 Å². The first-order valence-electron chi connectivity index (χ1n) is 19.0. The van der Waals surface area contributed by atoms with Gasteiger partial charge in [-0.25, -0.2) is 0 Å². The average Bonchev–Trinajstić information content (AvgIpc) is 3.81. The molecule has 0 saturated carbocycles. The Morgan fingerprint density at radius 2 is 0.788 bits per heavy atom. The van der Waals surface area contributed by atoms with Gasteiger partial charge in [0.2, 0.25) is 6.71 Å². The minimum atomic E-state index is 0.271. The third-order valence-corrected chi connectivity index (χ3v) is 13.0. The van der Waals surface area contributed by atoms with E-state index in [0.717, 1.165) is 0 Å². The molecule has 0 N–H and O–H groups in total. The molecule has 0 spiro atoms. The molecule has 0 radical (unpaired) electrons. The van der Waals surface area contributed by atoms with Crippen LogP contribution in [-0.4, -0.2) is 15.8 Å². The summed E-state index contributed by atoms with van der Waals surface area (Å²) in [6.07, 6.45) is 0. The van der Waals surface area contributed by atoms with Crippen LogP contribution in [0.15, 0.2) is 133 Å². The van der Waals surface area contributed by atoms with E-state index < -0.39 is 0 Å². The third kappa shape index (κ3) is 3.47. The van der Waals surface area contributed by atoms with Crippen LogP contribution in [0.5, 0.6) is 0 Å². The lowest BCUT2D eigenvalue weighted by atomic mass is 9.31. The molecule has 5 heterocycles. The first kappa shape index (κ1) is 28.9. The van der Waals surface area contributed by atoms with Crippen molar-refractivity contribution < 1.29 is 0 Å². The van der Waals surface area contributed by atoms with Crippen molar-refractivity contribution in [1.29, 1.82) is 0 Å². The number of hydrogen-bond acceptors (Lipinski definition) is 0. The Morgan fingerprint density at radius 1 is 0.442 bits per heavy atom. The molecule has 52 heavy (non-hydrogen) atoms. The van der Waals surface area contributed by atoms with Gasteiger partial charge in [-0.15, -0.1) is 0 Å². The highest BCUT2D eigenvalue weighted by Crippen LogP contribution is 2.45. The maximum Gasteiger partial charge on any atom is 0.244 e. The van der Waals surface area contributed by atoms with Gasteiger partial charge in [-0.05, 0) is 93.4 Å². The molecule has 3 heteroatoms. The maximum atomic E-state index is 2.56. The molecule has 2 atom stereocenters. The van der Waals surface area contributed by atoms with Crippen LogP contribution in [0.4, 0.5) is 0 Å². The summed E-state index contributed by atoms with van der Waals surface area (Å²) in [4.78, 5) is 0. The van der Waals surface area contributed by atoms with Crippen LogP contribution in [-0.2, 0) is 0 Å². The molecule has 2 unspecified atom stereocenters. The highest BCUT2D eigenvalue weighted by atomic mass is 15.0. The summed E-state index contributed by atoms with van der Waals surface area (Å²) >= 11 is 0. The van der Waals surface area contributed by atoms with E-state index in [-0.39, 0.29) is 6.71 Å². The van der Waals surface area contributed by atoms with E-state index in [1.165, 1.54) is 105 Å². The molecule has 0 fully saturated rings. The van der Waals surface area contributed by atoms with Gasteiger partial charge in [0.1, 0.15) is 0 Å².